The second-order valence-corrected chi connectivity index (χ2v) is 6.32. The zero-order valence-electron chi connectivity index (χ0n) is 13.7. The predicted octanol–water partition coefficient (Wildman–Crippen LogP) is 3.26. The van der Waals surface area contributed by atoms with Crippen LogP contribution in [-0.4, -0.2) is 15.5 Å². The summed E-state index contributed by atoms with van der Waals surface area (Å²) in [5, 5.41) is 12.0. The van der Waals surface area contributed by atoms with Crippen molar-refractivity contribution in [2.75, 3.05) is 0 Å². The summed E-state index contributed by atoms with van der Waals surface area (Å²) in [5.74, 6) is -1.30. The Hall–Kier alpha value is -2.63. The van der Waals surface area contributed by atoms with Gasteiger partial charge in [0.2, 0.25) is 0 Å². The SMILES string of the molecule is CCn1c(=O)c(/C=C/c2c(Cl)cccc2Cl)nc2cc(C(=O)[O-])ccc21. The number of halogens is 2. The largest absolute Gasteiger partial charge is 0.545 e. The normalized spacial score (nSPS) is 11.3. The molecule has 0 radical (unpaired) electrons. The number of aromatic nitrogens is 2. The summed E-state index contributed by atoms with van der Waals surface area (Å²) in [6.45, 7) is 2.24. The van der Waals surface area contributed by atoms with Gasteiger partial charge in [0.25, 0.3) is 5.56 Å². The number of rotatable bonds is 4. The summed E-state index contributed by atoms with van der Waals surface area (Å²) in [4.78, 5) is 28.1. The molecule has 3 aromatic rings. The third-order valence-corrected chi connectivity index (χ3v) is 4.59. The molecule has 26 heavy (non-hydrogen) atoms. The van der Waals surface area contributed by atoms with Crippen LogP contribution in [0.15, 0.2) is 41.2 Å². The number of carbonyl (C=O) groups excluding carboxylic acids is 1. The van der Waals surface area contributed by atoms with Gasteiger partial charge in [-0.25, -0.2) is 4.98 Å². The molecule has 132 valence electrons. The van der Waals surface area contributed by atoms with Gasteiger partial charge >= 0.3 is 0 Å². The first-order valence-corrected chi connectivity index (χ1v) is 8.56. The van der Waals surface area contributed by atoms with Gasteiger partial charge in [0.05, 0.1) is 17.0 Å². The predicted molar refractivity (Wildman–Crippen MR) is 101 cm³/mol. The summed E-state index contributed by atoms with van der Waals surface area (Å²) in [7, 11) is 0. The Morgan fingerprint density at radius 2 is 1.88 bits per heavy atom. The van der Waals surface area contributed by atoms with Gasteiger partial charge in [-0.05, 0) is 48.9 Å². The lowest BCUT2D eigenvalue weighted by Crippen LogP contribution is -2.25. The Labute approximate surface area is 159 Å². The van der Waals surface area contributed by atoms with Crippen LogP contribution in [0.4, 0.5) is 0 Å². The lowest BCUT2D eigenvalue weighted by Gasteiger charge is -2.11. The van der Waals surface area contributed by atoms with Gasteiger partial charge in [0, 0.05) is 22.2 Å². The van der Waals surface area contributed by atoms with Crippen LogP contribution in [-0.2, 0) is 6.54 Å². The number of carboxylic acid groups (broad SMARTS) is 1. The Kier molecular flexibility index (Phi) is 5.11. The molecular weight excluding hydrogens is 375 g/mol. The molecule has 5 nitrogen and oxygen atoms in total. The zero-order chi connectivity index (χ0) is 18.8. The van der Waals surface area contributed by atoms with Crippen molar-refractivity contribution in [1.82, 2.24) is 9.55 Å². The van der Waals surface area contributed by atoms with E-state index in [2.05, 4.69) is 4.98 Å². The monoisotopic (exact) mass is 387 g/mol. The average molecular weight is 388 g/mol. The number of fused-ring (bicyclic) bond motifs is 1. The van der Waals surface area contributed by atoms with Crippen LogP contribution in [0.1, 0.15) is 28.5 Å². The van der Waals surface area contributed by atoms with Gasteiger partial charge in [-0.3, -0.25) is 4.79 Å². The van der Waals surface area contributed by atoms with E-state index >= 15 is 0 Å². The fourth-order valence-corrected chi connectivity index (χ4v) is 3.17. The van der Waals surface area contributed by atoms with Gasteiger partial charge in [0.1, 0.15) is 5.69 Å². The number of hydrogen-bond acceptors (Lipinski definition) is 4. The molecule has 3 rings (SSSR count). The van der Waals surface area contributed by atoms with E-state index in [-0.39, 0.29) is 16.8 Å². The van der Waals surface area contributed by atoms with Crippen LogP contribution in [0.3, 0.4) is 0 Å². The van der Waals surface area contributed by atoms with Crippen LogP contribution >= 0.6 is 23.2 Å². The minimum atomic E-state index is -1.30. The maximum Gasteiger partial charge on any atom is 0.276 e. The van der Waals surface area contributed by atoms with E-state index < -0.39 is 5.97 Å². The molecule has 0 spiro atoms. The molecule has 0 saturated carbocycles. The van der Waals surface area contributed by atoms with Crippen molar-refractivity contribution in [3.8, 4) is 0 Å². The Bertz CT molecular complexity index is 1080. The van der Waals surface area contributed by atoms with Crippen LogP contribution in [0, 0.1) is 0 Å². The molecule has 7 heteroatoms. The van der Waals surface area contributed by atoms with Crippen molar-refractivity contribution in [2.45, 2.75) is 13.5 Å². The van der Waals surface area contributed by atoms with Gasteiger partial charge in [-0.1, -0.05) is 35.3 Å². The van der Waals surface area contributed by atoms with E-state index in [1.54, 1.807) is 30.3 Å². The van der Waals surface area contributed by atoms with Crippen molar-refractivity contribution in [3.05, 3.63) is 73.6 Å². The van der Waals surface area contributed by atoms with E-state index in [1.807, 2.05) is 6.92 Å². The molecule has 1 heterocycles. The van der Waals surface area contributed by atoms with Gasteiger partial charge in [-0.15, -0.1) is 0 Å². The van der Waals surface area contributed by atoms with Gasteiger partial charge in [0.15, 0.2) is 0 Å². The fourth-order valence-electron chi connectivity index (χ4n) is 2.65. The highest BCUT2D eigenvalue weighted by atomic mass is 35.5. The van der Waals surface area contributed by atoms with E-state index in [4.69, 9.17) is 23.2 Å². The molecule has 0 unspecified atom stereocenters. The van der Waals surface area contributed by atoms with Crippen molar-refractivity contribution < 1.29 is 9.90 Å². The first-order chi connectivity index (χ1) is 12.4. The quantitative estimate of drug-likeness (QED) is 0.688. The zero-order valence-corrected chi connectivity index (χ0v) is 15.2. The summed E-state index contributed by atoms with van der Waals surface area (Å²) < 4.78 is 1.52. The lowest BCUT2D eigenvalue weighted by atomic mass is 10.1. The maximum absolute atomic E-state index is 12.7. The molecule has 0 saturated heterocycles. The highest BCUT2D eigenvalue weighted by Crippen LogP contribution is 2.26. The second kappa shape index (κ2) is 7.32. The number of hydrogen-bond donors (Lipinski definition) is 0. The highest BCUT2D eigenvalue weighted by Gasteiger charge is 2.10. The minimum Gasteiger partial charge on any atom is -0.545 e. The Morgan fingerprint density at radius 3 is 2.50 bits per heavy atom. The maximum atomic E-state index is 12.7. The minimum absolute atomic E-state index is 0.00428. The number of nitrogens with zero attached hydrogens (tertiary/aromatic N) is 2. The summed E-state index contributed by atoms with van der Waals surface area (Å²) >= 11 is 12.3. The first-order valence-electron chi connectivity index (χ1n) is 7.80. The number of aryl methyl sites for hydroxylation is 1. The third-order valence-electron chi connectivity index (χ3n) is 3.93. The van der Waals surface area contributed by atoms with E-state index in [0.717, 1.165) is 0 Å². The molecule has 0 aliphatic carbocycles. The van der Waals surface area contributed by atoms with E-state index in [1.165, 1.54) is 22.8 Å². The van der Waals surface area contributed by atoms with Crippen LogP contribution in [0.25, 0.3) is 23.2 Å². The molecule has 2 aromatic carbocycles. The Morgan fingerprint density at radius 1 is 1.19 bits per heavy atom. The van der Waals surface area contributed by atoms with Crippen LogP contribution in [0.5, 0.6) is 0 Å². The van der Waals surface area contributed by atoms with E-state index in [9.17, 15) is 14.7 Å². The van der Waals surface area contributed by atoms with Gasteiger partial charge < -0.3 is 14.5 Å². The van der Waals surface area contributed by atoms with E-state index in [0.29, 0.717) is 33.2 Å². The molecule has 1 aromatic heterocycles. The smallest absolute Gasteiger partial charge is 0.276 e. The number of aromatic carboxylic acids is 1. The number of carbonyl (C=O) groups is 1. The van der Waals surface area contributed by atoms with Crippen molar-refractivity contribution >= 4 is 52.4 Å². The standard InChI is InChI=1S/C19H14Cl2N2O3/c1-2-23-17-9-6-11(19(25)26)10-16(17)22-15(18(23)24)8-7-12-13(20)4-3-5-14(12)21/h3-10H,2H2,1H3,(H,25,26)/p-1/b8-7+. The number of benzene rings is 2. The molecular formula is C19H13Cl2N2O3-. The molecule has 0 fully saturated rings. The summed E-state index contributed by atoms with van der Waals surface area (Å²) in [6, 6.07) is 9.44. The molecule has 0 aliphatic rings. The van der Waals surface area contributed by atoms with Crippen molar-refractivity contribution in [1.29, 1.82) is 0 Å². The van der Waals surface area contributed by atoms with Gasteiger partial charge in [-0.2, -0.15) is 0 Å². The molecule has 0 bridgehead atoms. The van der Waals surface area contributed by atoms with Crippen molar-refractivity contribution in [3.63, 3.8) is 0 Å². The highest BCUT2D eigenvalue weighted by molar-refractivity contribution is 6.37. The summed E-state index contributed by atoms with van der Waals surface area (Å²) in [6.07, 6.45) is 3.13. The van der Waals surface area contributed by atoms with Crippen LogP contribution < -0.4 is 10.7 Å². The molecule has 0 N–H and O–H groups in total. The third kappa shape index (κ3) is 3.36. The van der Waals surface area contributed by atoms with Crippen molar-refractivity contribution in [2.24, 2.45) is 0 Å². The summed E-state index contributed by atoms with van der Waals surface area (Å²) in [5.41, 5.74) is 1.37. The fraction of sp³-hybridized carbons (Fsp3) is 0.105. The lowest BCUT2D eigenvalue weighted by molar-refractivity contribution is -0.255. The molecule has 0 aliphatic heterocycles. The first kappa shape index (κ1) is 18.2. The molecule has 0 amide bonds. The topological polar surface area (TPSA) is 75.0 Å². The molecule has 0 atom stereocenters. The second-order valence-electron chi connectivity index (χ2n) is 5.51. The van der Waals surface area contributed by atoms with Crippen LogP contribution in [0.2, 0.25) is 10.0 Å². The average Bonchev–Trinajstić information content (AvgIpc) is 2.61. The Balaban J connectivity index is 2.19. The number of carboxylic acids is 1.